The molecule has 1 aromatic carbocycles. The topological polar surface area (TPSA) is 59.0 Å². The van der Waals surface area contributed by atoms with E-state index < -0.39 is 0 Å². The van der Waals surface area contributed by atoms with Gasteiger partial charge in [-0.25, -0.2) is 0 Å². The smallest absolute Gasteiger partial charge is 0.139 e. The maximum Gasteiger partial charge on any atom is 0.139 e. The van der Waals surface area contributed by atoms with E-state index in [2.05, 4.69) is 0 Å². The fourth-order valence-electron chi connectivity index (χ4n) is 1.07. The molecule has 1 atom stereocenters. The molecular weight excluding hydrogens is 176 g/mol. The maximum absolute atomic E-state index is 8.87. The summed E-state index contributed by atoms with van der Waals surface area (Å²) < 4.78 is 5.56. The first-order valence-electron chi connectivity index (χ1n) is 4.64. The van der Waals surface area contributed by atoms with E-state index in [9.17, 15) is 0 Å². The van der Waals surface area contributed by atoms with Crippen molar-refractivity contribution >= 4 is 5.69 Å². The Kier molecular flexibility index (Phi) is 3.35. The fraction of sp³-hybridized carbons (Fsp3) is 0.364. The Morgan fingerprint density at radius 2 is 2.29 bits per heavy atom. The highest BCUT2D eigenvalue weighted by molar-refractivity contribution is 5.60. The quantitative estimate of drug-likeness (QED) is 0.744. The van der Waals surface area contributed by atoms with Gasteiger partial charge in [0.25, 0.3) is 0 Å². The van der Waals surface area contributed by atoms with Crippen molar-refractivity contribution in [2.24, 2.45) is 0 Å². The molecule has 0 saturated heterocycles. The lowest BCUT2D eigenvalue weighted by molar-refractivity contribution is 0.217. The molecule has 0 bridgehead atoms. The average molecular weight is 190 g/mol. The molecule has 0 saturated carbocycles. The van der Waals surface area contributed by atoms with Gasteiger partial charge in [0.05, 0.1) is 11.8 Å². The normalized spacial score (nSPS) is 11.8. The molecule has 1 rings (SSSR count). The predicted molar refractivity (Wildman–Crippen MR) is 56.0 cm³/mol. The van der Waals surface area contributed by atoms with Crippen LogP contribution in [0, 0.1) is 11.3 Å². The van der Waals surface area contributed by atoms with Crippen molar-refractivity contribution < 1.29 is 4.74 Å². The summed E-state index contributed by atoms with van der Waals surface area (Å²) in [6.07, 6.45) is 1.00. The average Bonchev–Trinajstić information content (AvgIpc) is 2.18. The summed E-state index contributed by atoms with van der Waals surface area (Å²) in [7, 11) is 0. The lowest BCUT2D eigenvalue weighted by Gasteiger charge is -2.14. The zero-order valence-corrected chi connectivity index (χ0v) is 8.45. The highest BCUT2D eigenvalue weighted by Crippen LogP contribution is 2.24. The molecule has 0 aliphatic carbocycles. The Morgan fingerprint density at radius 3 is 2.86 bits per heavy atom. The van der Waals surface area contributed by atoms with Crippen LogP contribution in [0.15, 0.2) is 18.2 Å². The van der Waals surface area contributed by atoms with E-state index in [1.54, 1.807) is 18.2 Å². The number of rotatable bonds is 3. The van der Waals surface area contributed by atoms with Crippen molar-refractivity contribution in [2.45, 2.75) is 26.4 Å². The molecule has 0 aromatic heterocycles. The predicted octanol–water partition coefficient (Wildman–Crippen LogP) is 2.32. The number of nitriles is 1. The summed E-state index contributed by atoms with van der Waals surface area (Å²) in [5, 5.41) is 8.87. The molecule has 2 N–H and O–H groups in total. The fourth-order valence-corrected chi connectivity index (χ4v) is 1.07. The minimum absolute atomic E-state index is 0.101. The van der Waals surface area contributed by atoms with Crippen LogP contribution in [-0.4, -0.2) is 6.10 Å². The number of nitrogens with zero attached hydrogens (tertiary/aromatic N) is 1. The van der Waals surface area contributed by atoms with Crippen molar-refractivity contribution in [1.82, 2.24) is 0 Å². The maximum atomic E-state index is 8.87. The first-order valence-corrected chi connectivity index (χ1v) is 4.64. The summed E-state index contributed by atoms with van der Waals surface area (Å²) >= 11 is 0. The summed E-state index contributed by atoms with van der Waals surface area (Å²) in [6, 6.07) is 7.29. The molecule has 0 aliphatic heterocycles. The van der Waals surface area contributed by atoms with Crippen LogP contribution in [0.4, 0.5) is 5.69 Å². The van der Waals surface area contributed by atoms with Crippen LogP contribution in [-0.2, 0) is 0 Å². The van der Waals surface area contributed by atoms with E-state index in [1.165, 1.54) is 0 Å². The van der Waals surface area contributed by atoms with E-state index in [-0.39, 0.29) is 6.10 Å². The summed E-state index contributed by atoms with van der Waals surface area (Å²) in [5.41, 5.74) is 6.54. The molecule has 14 heavy (non-hydrogen) atoms. The molecule has 3 heteroatoms. The van der Waals surface area contributed by atoms with Crippen LogP contribution >= 0.6 is 0 Å². The summed E-state index contributed by atoms with van der Waals surface area (Å²) in [5.74, 6) is 0.571. The monoisotopic (exact) mass is 190 g/mol. The number of nitrogen functional groups attached to an aromatic ring is 1. The Morgan fingerprint density at radius 1 is 1.57 bits per heavy atom. The molecule has 0 heterocycles. The number of ether oxygens (including phenoxy) is 1. The minimum Gasteiger partial charge on any atom is -0.489 e. The van der Waals surface area contributed by atoms with Gasteiger partial charge in [-0.05, 0) is 25.5 Å². The van der Waals surface area contributed by atoms with Gasteiger partial charge in [-0.2, -0.15) is 5.26 Å². The van der Waals surface area contributed by atoms with Crippen molar-refractivity contribution in [3.63, 3.8) is 0 Å². The molecule has 0 aliphatic rings. The summed E-state index contributed by atoms with van der Waals surface area (Å²) in [6.45, 7) is 3.99. The van der Waals surface area contributed by atoms with E-state index in [0.717, 1.165) is 6.42 Å². The zero-order chi connectivity index (χ0) is 10.6. The molecule has 0 spiro atoms. The van der Waals surface area contributed by atoms with Crippen LogP contribution in [0.25, 0.3) is 0 Å². The minimum atomic E-state index is 0.101. The second-order valence-electron chi connectivity index (χ2n) is 3.17. The number of hydrogen-bond donors (Lipinski definition) is 1. The Balaban J connectivity index is 2.98. The lowest BCUT2D eigenvalue weighted by atomic mass is 10.2. The molecule has 0 fully saturated rings. The van der Waals surface area contributed by atoms with E-state index in [4.69, 9.17) is 15.7 Å². The van der Waals surface area contributed by atoms with E-state index in [0.29, 0.717) is 17.0 Å². The highest BCUT2D eigenvalue weighted by Gasteiger charge is 2.08. The molecule has 1 aromatic rings. The van der Waals surface area contributed by atoms with Gasteiger partial charge in [0.1, 0.15) is 17.4 Å². The number of nitrogens with two attached hydrogens (primary N) is 1. The third-order valence-corrected chi connectivity index (χ3v) is 2.07. The van der Waals surface area contributed by atoms with Crippen molar-refractivity contribution in [2.75, 3.05) is 5.73 Å². The molecule has 3 nitrogen and oxygen atoms in total. The zero-order valence-electron chi connectivity index (χ0n) is 8.45. The van der Waals surface area contributed by atoms with Gasteiger partial charge in [-0.15, -0.1) is 0 Å². The van der Waals surface area contributed by atoms with Crippen molar-refractivity contribution in [1.29, 1.82) is 5.26 Å². The lowest BCUT2D eigenvalue weighted by Crippen LogP contribution is -2.11. The number of anilines is 1. The summed E-state index contributed by atoms with van der Waals surface area (Å²) in [4.78, 5) is 0. The van der Waals surface area contributed by atoms with Gasteiger partial charge in [-0.3, -0.25) is 0 Å². The van der Waals surface area contributed by atoms with Crippen LogP contribution < -0.4 is 10.5 Å². The molecule has 0 radical (unpaired) electrons. The van der Waals surface area contributed by atoms with Gasteiger partial charge in [0, 0.05) is 0 Å². The number of benzene rings is 1. The molecule has 0 amide bonds. The van der Waals surface area contributed by atoms with Crippen LogP contribution in [0.1, 0.15) is 25.8 Å². The molecule has 1 unspecified atom stereocenters. The van der Waals surface area contributed by atoms with Gasteiger partial charge >= 0.3 is 0 Å². The SMILES string of the molecule is CCC(C)Oc1cccc(N)c1C#N. The third kappa shape index (κ3) is 2.17. The van der Waals surface area contributed by atoms with Gasteiger partial charge in [0.2, 0.25) is 0 Å². The van der Waals surface area contributed by atoms with Crippen LogP contribution in [0.5, 0.6) is 5.75 Å². The van der Waals surface area contributed by atoms with Crippen molar-refractivity contribution in [3.05, 3.63) is 23.8 Å². The number of hydrogen-bond acceptors (Lipinski definition) is 3. The largest absolute Gasteiger partial charge is 0.489 e. The van der Waals surface area contributed by atoms with Gasteiger partial charge in [-0.1, -0.05) is 13.0 Å². The first kappa shape index (κ1) is 10.4. The third-order valence-electron chi connectivity index (χ3n) is 2.07. The van der Waals surface area contributed by atoms with E-state index >= 15 is 0 Å². The highest BCUT2D eigenvalue weighted by atomic mass is 16.5. The standard InChI is InChI=1S/C11H14N2O/c1-3-8(2)14-11-6-4-5-10(13)9(11)7-12/h4-6,8H,3,13H2,1-2H3. The second kappa shape index (κ2) is 4.52. The Hall–Kier alpha value is -1.69. The van der Waals surface area contributed by atoms with Crippen LogP contribution in [0.3, 0.4) is 0 Å². The second-order valence-corrected chi connectivity index (χ2v) is 3.17. The Bertz CT molecular complexity index is 355. The Labute approximate surface area is 84.1 Å². The van der Waals surface area contributed by atoms with Crippen molar-refractivity contribution in [3.8, 4) is 11.8 Å². The van der Waals surface area contributed by atoms with Gasteiger partial charge in [0.15, 0.2) is 0 Å². The first-order chi connectivity index (χ1) is 6.69. The molecule has 74 valence electrons. The van der Waals surface area contributed by atoms with Crippen LogP contribution in [0.2, 0.25) is 0 Å². The van der Waals surface area contributed by atoms with Gasteiger partial charge < -0.3 is 10.5 Å². The van der Waals surface area contributed by atoms with E-state index in [1.807, 2.05) is 19.9 Å². The molecular formula is C11H14N2O.